The van der Waals surface area contributed by atoms with Gasteiger partial charge in [0.1, 0.15) is 5.76 Å². The molecule has 1 aliphatic heterocycles. The summed E-state index contributed by atoms with van der Waals surface area (Å²) < 4.78 is 5.02. The van der Waals surface area contributed by atoms with Crippen molar-refractivity contribution in [1.29, 1.82) is 0 Å². The van der Waals surface area contributed by atoms with Gasteiger partial charge in [0.05, 0.1) is 36.4 Å². The first-order chi connectivity index (χ1) is 11.6. The summed E-state index contributed by atoms with van der Waals surface area (Å²) in [6.45, 7) is 4.22. The van der Waals surface area contributed by atoms with Gasteiger partial charge in [-0.15, -0.1) is 0 Å². The lowest BCUT2D eigenvalue weighted by Gasteiger charge is -2.22. The summed E-state index contributed by atoms with van der Waals surface area (Å²) in [5.74, 6) is 0.189. The molecule has 0 bridgehead atoms. The summed E-state index contributed by atoms with van der Waals surface area (Å²) in [6.07, 6.45) is 6.35. The van der Waals surface area contributed by atoms with Gasteiger partial charge >= 0.3 is 0 Å². The van der Waals surface area contributed by atoms with Crippen LogP contribution in [0.3, 0.4) is 0 Å². The Labute approximate surface area is 139 Å². The molecule has 0 unspecified atom stereocenters. The lowest BCUT2D eigenvalue weighted by Crippen LogP contribution is -2.29. The molecule has 3 rings (SSSR count). The Hall–Kier alpha value is -2.77. The van der Waals surface area contributed by atoms with Gasteiger partial charge in [0, 0.05) is 13.5 Å². The fourth-order valence-corrected chi connectivity index (χ4v) is 2.90. The van der Waals surface area contributed by atoms with E-state index in [1.807, 2.05) is 4.90 Å². The van der Waals surface area contributed by atoms with Crippen LogP contribution in [0.4, 0.5) is 0 Å². The zero-order valence-corrected chi connectivity index (χ0v) is 13.7. The highest BCUT2D eigenvalue weighted by Gasteiger charge is 2.29. The summed E-state index contributed by atoms with van der Waals surface area (Å²) in [5, 5.41) is 2.75. The molecule has 1 fully saturated rings. The van der Waals surface area contributed by atoms with Gasteiger partial charge in [-0.3, -0.25) is 19.6 Å². The molecule has 0 aromatic carbocycles. The van der Waals surface area contributed by atoms with E-state index in [1.165, 1.54) is 6.39 Å². The lowest BCUT2D eigenvalue weighted by atomic mass is 10.1. The van der Waals surface area contributed by atoms with Crippen LogP contribution in [0.15, 0.2) is 23.2 Å². The Balaban J connectivity index is 1.68. The number of hydrogen-bond donors (Lipinski definition) is 1. The van der Waals surface area contributed by atoms with E-state index in [0.717, 1.165) is 25.1 Å². The first-order valence-electron chi connectivity index (χ1n) is 7.82. The second-order valence-electron chi connectivity index (χ2n) is 5.75. The van der Waals surface area contributed by atoms with Crippen LogP contribution in [0.2, 0.25) is 0 Å². The summed E-state index contributed by atoms with van der Waals surface area (Å²) in [6, 6.07) is -0.0385. The maximum Gasteiger partial charge on any atom is 0.273 e. The normalized spacial score (nSPS) is 17.1. The first kappa shape index (κ1) is 16.1. The Morgan fingerprint density at radius 2 is 2.25 bits per heavy atom. The number of nitrogens with zero attached hydrogens (tertiary/aromatic N) is 4. The van der Waals surface area contributed by atoms with Crippen molar-refractivity contribution in [2.75, 3.05) is 6.54 Å². The highest BCUT2D eigenvalue weighted by atomic mass is 16.3. The second-order valence-corrected chi connectivity index (χ2v) is 5.75. The van der Waals surface area contributed by atoms with E-state index in [9.17, 15) is 9.59 Å². The Bertz CT molecular complexity index is 758. The Morgan fingerprint density at radius 3 is 2.96 bits per heavy atom. The van der Waals surface area contributed by atoms with Crippen molar-refractivity contribution in [3.05, 3.63) is 41.6 Å². The van der Waals surface area contributed by atoms with Crippen LogP contribution in [-0.2, 0) is 11.3 Å². The zero-order chi connectivity index (χ0) is 17.1. The van der Waals surface area contributed by atoms with Gasteiger partial charge < -0.3 is 14.6 Å². The molecule has 1 N–H and O–H groups in total. The van der Waals surface area contributed by atoms with Gasteiger partial charge in [0.15, 0.2) is 12.1 Å². The summed E-state index contributed by atoms with van der Waals surface area (Å²) in [4.78, 5) is 38.2. The first-order valence-corrected chi connectivity index (χ1v) is 7.82. The molecule has 126 valence electrons. The average molecular weight is 329 g/mol. The smallest absolute Gasteiger partial charge is 0.273 e. The van der Waals surface area contributed by atoms with Crippen LogP contribution < -0.4 is 5.32 Å². The van der Waals surface area contributed by atoms with Crippen molar-refractivity contribution in [1.82, 2.24) is 25.2 Å². The molecule has 1 atom stereocenters. The molecular formula is C16H19N5O3. The quantitative estimate of drug-likeness (QED) is 0.909. The molecule has 24 heavy (non-hydrogen) atoms. The van der Waals surface area contributed by atoms with Crippen molar-refractivity contribution >= 4 is 11.8 Å². The minimum Gasteiger partial charge on any atom is -0.448 e. The van der Waals surface area contributed by atoms with Crippen LogP contribution in [0.5, 0.6) is 0 Å². The molecule has 0 spiro atoms. The van der Waals surface area contributed by atoms with E-state index in [2.05, 4.69) is 20.3 Å². The van der Waals surface area contributed by atoms with E-state index < -0.39 is 0 Å². The van der Waals surface area contributed by atoms with Gasteiger partial charge in [-0.05, 0) is 19.8 Å². The molecule has 8 heteroatoms. The van der Waals surface area contributed by atoms with E-state index >= 15 is 0 Å². The fourth-order valence-electron chi connectivity index (χ4n) is 2.90. The van der Waals surface area contributed by atoms with Crippen molar-refractivity contribution < 1.29 is 14.0 Å². The number of carbonyl (C=O) groups is 2. The minimum atomic E-state index is -0.320. The molecule has 2 aromatic rings. The summed E-state index contributed by atoms with van der Waals surface area (Å²) >= 11 is 0. The molecular weight excluding hydrogens is 310 g/mol. The molecule has 8 nitrogen and oxygen atoms in total. The Morgan fingerprint density at radius 1 is 1.42 bits per heavy atom. The molecule has 1 saturated heterocycles. The van der Waals surface area contributed by atoms with Crippen molar-refractivity contribution in [2.45, 2.75) is 39.3 Å². The number of likely N-dealkylation sites (tertiary alicyclic amines) is 1. The number of aryl methyl sites for hydroxylation is 1. The lowest BCUT2D eigenvalue weighted by molar-refractivity contribution is -0.129. The number of amides is 2. The molecule has 0 saturated carbocycles. The predicted octanol–water partition coefficient (Wildman–Crippen LogP) is 1.39. The summed E-state index contributed by atoms with van der Waals surface area (Å²) in [5.41, 5.74) is 1.65. The maximum absolute atomic E-state index is 12.0. The molecule has 2 aromatic heterocycles. The van der Waals surface area contributed by atoms with Crippen LogP contribution in [0.25, 0.3) is 0 Å². The highest BCUT2D eigenvalue weighted by molar-refractivity contribution is 5.92. The Kier molecular flexibility index (Phi) is 4.54. The molecule has 3 heterocycles. The minimum absolute atomic E-state index is 0.0385. The van der Waals surface area contributed by atoms with Crippen LogP contribution in [0.1, 0.15) is 53.4 Å². The van der Waals surface area contributed by atoms with Crippen molar-refractivity contribution in [2.24, 2.45) is 0 Å². The van der Waals surface area contributed by atoms with Crippen molar-refractivity contribution in [3.63, 3.8) is 0 Å². The maximum atomic E-state index is 12.0. The average Bonchev–Trinajstić information content (AvgIpc) is 3.21. The van der Waals surface area contributed by atoms with Crippen LogP contribution in [0, 0.1) is 6.92 Å². The third-order valence-electron chi connectivity index (χ3n) is 4.09. The standard InChI is InChI=1S/C16H19N5O3/c1-10-15(19-9-24-10)16(23)18-7-12-6-17-8-13(20-12)14-4-3-5-21(14)11(2)22/h6,8-9,14H,3-5,7H2,1-2H3,(H,18,23)/t14-/m0/s1. The molecule has 0 radical (unpaired) electrons. The third-order valence-corrected chi connectivity index (χ3v) is 4.09. The fraction of sp³-hybridized carbons (Fsp3) is 0.438. The largest absolute Gasteiger partial charge is 0.448 e. The number of hydrogen-bond acceptors (Lipinski definition) is 6. The number of rotatable bonds is 4. The van der Waals surface area contributed by atoms with Crippen LogP contribution in [-0.4, -0.2) is 38.2 Å². The van der Waals surface area contributed by atoms with Crippen molar-refractivity contribution in [3.8, 4) is 0 Å². The van der Waals surface area contributed by atoms with E-state index in [1.54, 1.807) is 26.2 Å². The van der Waals surface area contributed by atoms with Gasteiger partial charge in [-0.1, -0.05) is 0 Å². The number of aromatic nitrogens is 3. The number of nitrogens with one attached hydrogen (secondary N) is 1. The predicted molar refractivity (Wildman–Crippen MR) is 83.8 cm³/mol. The third kappa shape index (κ3) is 3.27. The number of oxazole rings is 1. The van der Waals surface area contributed by atoms with E-state index in [4.69, 9.17) is 4.42 Å². The van der Waals surface area contributed by atoms with Gasteiger partial charge in [0.25, 0.3) is 5.91 Å². The highest BCUT2D eigenvalue weighted by Crippen LogP contribution is 2.30. The van der Waals surface area contributed by atoms with Gasteiger partial charge in [-0.25, -0.2) is 4.98 Å². The SMILES string of the molecule is CC(=O)N1CCC[C@H]1c1cncc(CNC(=O)c2ncoc2C)n1. The molecule has 0 aliphatic carbocycles. The van der Waals surface area contributed by atoms with E-state index in [-0.39, 0.29) is 30.1 Å². The number of carbonyl (C=O) groups excluding carboxylic acids is 2. The van der Waals surface area contributed by atoms with E-state index in [0.29, 0.717) is 11.5 Å². The van der Waals surface area contributed by atoms with Gasteiger partial charge in [-0.2, -0.15) is 0 Å². The molecule has 1 aliphatic rings. The molecule has 2 amide bonds. The van der Waals surface area contributed by atoms with Crippen LogP contribution >= 0.6 is 0 Å². The summed E-state index contributed by atoms with van der Waals surface area (Å²) in [7, 11) is 0. The second kappa shape index (κ2) is 6.77. The topological polar surface area (TPSA) is 101 Å². The monoisotopic (exact) mass is 329 g/mol. The van der Waals surface area contributed by atoms with Gasteiger partial charge in [0.2, 0.25) is 5.91 Å². The zero-order valence-electron chi connectivity index (χ0n) is 13.7.